The average molecular weight is 499 g/mol. The third kappa shape index (κ3) is 7.29. The van der Waals surface area contributed by atoms with E-state index in [4.69, 9.17) is 14.3 Å². The highest BCUT2D eigenvalue weighted by Crippen LogP contribution is 2.29. The molecule has 7 nitrogen and oxygen atoms in total. The zero-order valence-corrected chi connectivity index (χ0v) is 19.4. The molecule has 0 aliphatic carbocycles. The van der Waals surface area contributed by atoms with Crippen LogP contribution in [0.4, 0.5) is 13.2 Å². The van der Waals surface area contributed by atoms with Gasteiger partial charge in [0.05, 0.1) is 18.4 Å². The van der Waals surface area contributed by atoms with Crippen LogP contribution in [0.25, 0.3) is 12.2 Å². The molecule has 0 saturated heterocycles. The van der Waals surface area contributed by atoms with Crippen LogP contribution >= 0.6 is 0 Å². The normalized spacial score (nSPS) is 11.9. The fourth-order valence-corrected chi connectivity index (χ4v) is 3.45. The van der Waals surface area contributed by atoms with Crippen LogP contribution in [0.2, 0.25) is 0 Å². The van der Waals surface area contributed by atoms with Crippen molar-refractivity contribution in [1.82, 2.24) is 20.0 Å². The van der Waals surface area contributed by atoms with Crippen molar-refractivity contribution in [2.45, 2.75) is 45.2 Å². The van der Waals surface area contributed by atoms with Crippen molar-refractivity contribution in [3.05, 3.63) is 95.0 Å². The highest BCUT2D eigenvalue weighted by atomic mass is 19.4. The second kappa shape index (κ2) is 11.7. The minimum Gasteiger partial charge on any atom is -0.487 e. The number of nitrogens with zero attached hydrogens (tertiary/aromatic N) is 4. The Morgan fingerprint density at radius 2 is 1.75 bits per heavy atom. The third-order valence-corrected chi connectivity index (χ3v) is 5.39. The first-order valence-corrected chi connectivity index (χ1v) is 11.4. The number of aliphatic hydroxyl groups is 1. The molecule has 1 N–H and O–H groups in total. The molecule has 0 bridgehead atoms. The first-order chi connectivity index (χ1) is 17.4. The first-order valence-electron chi connectivity index (χ1n) is 11.4. The van der Waals surface area contributed by atoms with Crippen LogP contribution in [0.5, 0.6) is 5.75 Å². The van der Waals surface area contributed by atoms with Gasteiger partial charge in [-0.25, -0.2) is 4.98 Å². The lowest BCUT2D eigenvalue weighted by Crippen LogP contribution is -2.03. The van der Waals surface area contributed by atoms with E-state index in [1.54, 1.807) is 23.0 Å². The van der Waals surface area contributed by atoms with Gasteiger partial charge in [-0.3, -0.25) is 4.68 Å². The lowest BCUT2D eigenvalue weighted by molar-refractivity contribution is -0.137. The molecule has 2 aromatic heterocycles. The standard InChI is InChI=1S/C26H25F3N4O3/c27-26(28,29)21-9-4-20(5-10-21)8-13-25-30-23(18-36-25)17-35-24-11-6-19(7-12-24)3-1-2-14-33-15-22(16-34)31-32-33/h4-13,15,18,34H,1-3,14,16-17H2. The molecule has 0 saturated carbocycles. The highest BCUT2D eigenvalue weighted by molar-refractivity contribution is 5.66. The summed E-state index contributed by atoms with van der Waals surface area (Å²) in [6, 6.07) is 12.7. The van der Waals surface area contributed by atoms with Gasteiger partial charge in [0.1, 0.15) is 30.0 Å². The summed E-state index contributed by atoms with van der Waals surface area (Å²) in [5.41, 5.74) is 2.29. The zero-order chi connectivity index (χ0) is 25.4. The van der Waals surface area contributed by atoms with E-state index in [0.29, 0.717) is 28.6 Å². The number of halogens is 3. The fourth-order valence-electron chi connectivity index (χ4n) is 3.45. The summed E-state index contributed by atoms with van der Waals surface area (Å²) < 4.78 is 50.8. The summed E-state index contributed by atoms with van der Waals surface area (Å²) in [6.07, 6.45) is 4.98. The summed E-state index contributed by atoms with van der Waals surface area (Å²) in [5, 5.41) is 16.8. The van der Waals surface area contributed by atoms with Crippen LogP contribution in [-0.2, 0) is 32.4 Å². The van der Waals surface area contributed by atoms with Crippen molar-refractivity contribution in [3.63, 3.8) is 0 Å². The van der Waals surface area contributed by atoms with Crippen molar-refractivity contribution in [1.29, 1.82) is 0 Å². The van der Waals surface area contributed by atoms with Gasteiger partial charge in [-0.15, -0.1) is 5.10 Å². The minimum atomic E-state index is -4.36. The lowest BCUT2D eigenvalue weighted by Gasteiger charge is -2.06. The van der Waals surface area contributed by atoms with Gasteiger partial charge in [-0.05, 0) is 60.7 Å². The molecular weight excluding hydrogens is 473 g/mol. The van der Waals surface area contributed by atoms with Gasteiger partial charge in [0.2, 0.25) is 5.89 Å². The monoisotopic (exact) mass is 498 g/mol. The van der Waals surface area contributed by atoms with Crippen LogP contribution < -0.4 is 4.74 Å². The Hall–Kier alpha value is -3.92. The topological polar surface area (TPSA) is 86.2 Å². The van der Waals surface area contributed by atoms with Crippen LogP contribution in [0.1, 0.15) is 46.8 Å². The number of alkyl halides is 3. The Labute approximate surface area is 205 Å². The summed E-state index contributed by atoms with van der Waals surface area (Å²) >= 11 is 0. The second-order valence-electron chi connectivity index (χ2n) is 8.15. The predicted octanol–water partition coefficient (Wildman–Crippen LogP) is 5.55. The van der Waals surface area contributed by atoms with E-state index in [2.05, 4.69) is 15.3 Å². The number of aliphatic hydroxyl groups excluding tert-OH is 1. The average Bonchev–Trinajstić information content (AvgIpc) is 3.54. The summed E-state index contributed by atoms with van der Waals surface area (Å²) in [4.78, 5) is 4.31. The first kappa shape index (κ1) is 25.2. The van der Waals surface area contributed by atoms with Crippen LogP contribution in [0.15, 0.2) is 65.4 Å². The Morgan fingerprint density at radius 3 is 2.44 bits per heavy atom. The van der Waals surface area contributed by atoms with Crippen molar-refractivity contribution in [3.8, 4) is 5.75 Å². The van der Waals surface area contributed by atoms with Gasteiger partial charge < -0.3 is 14.3 Å². The molecule has 0 spiro atoms. The number of hydrogen-bond acceptors (Lipinski definition) is 6. The molecule has 0 aliphatic heterocycles. The maximum Gasteiger partial charge on any atom is 0.416 e. The van der Waals surface area contributed by atoms with Crippen LogP contribution in [0, 0.1) is 0 Å². The molecule has 4 rings (SSSR count). The molecule has 36 heavy (non-hydrogen) atoms. The van der Waals surface area contributed by atoms with Gasteiger partial charge in [0.25, 0.3) is 0 Å². The molecule has 0 fully saturated rings. The quantitative estimate of drug-likeness (QED) is 0.273. The lowest BCUT2D eigenvalue weighted by atomic mass is 10.1. The van der Waals surface area contributed by atoms with Crippen molar-refractivity contribution < 1.29 is 27.4 Å². The number of rotatable bonds is 11. The Bertz CT molecular complexity index is 1260. The summed E-state index contributed by atoms with van der Waals surface area (Å²) in [5.74, 6) is 1.05. The van der Waals surface area contributed by atoms with Gasteiger partial charge in [-0.1, -0.05) is 29.5 Å². The highest BCUT2D eigenvalue weighted by Gasteiger charge is 2.29. The van der Waals surface area contributed by atoms with E-state index in [9.17, 15) is 13.2 Å². The van der Waals surface area contributed by atoms with Crippen molar-refractivity contribution >= 4 is 12.2 Å². The fraction of sp³-hybridized carbons (Fsp3) is 0.269. The van der Waals surface area contributed by atoms with E-state index in [1.807, 2.05) is 24.3 Å². The molecule has 0 radical (unpaired) electrons. The molecule has 188 valence electrons. The van der Waals surface area contributed by atoms with E-state index in [-0.39, 0.29) is 13.2 Å². The summed E-state index contributed by atoms with van der Waals surface area (Å²) in [7, 11) is 0. The maximum atomic E-state index is 12.6. The van der Waals surface area contributed by atoms with Crippen molar-refractivity contribution in [2.75, 3.05) is 0 Å². The molecule has 0 unspecified atom stereocenters. The number of unbranched alkanes of at least 4 members (excludes halogenated alkanes) is 1. The molecule has 10 heteroatoms. The van der Waals surface area contributed by atoms with E-state index in [0.717, 1.165) is 37.9 Å². The van der Waals surface area contributed by atoms with Crippen molar-refractivity contribution in [2.24, 2.45) is 0 Å². The number of benzene rings is 2. The molecule has 0 atom stereocenters. The SMILES string of the molecule is OCc1cn(CCCCc2ccc(OCc3coc(C=Cc4ccc(C(F)(F)F)cc4)n3)cc2)nn1. The predicted molar refractivity (Wildman–Crippen MR) is 127 cm³/mol. The number of hydrogen-bond donors (Lipinski definition) is 1. The van der Waals surface area contributed by atoms with Gasteiger partial charge in [0, 0.05) is 12.6 Å². The minimum absolute atomic E-state index is 0.102. The third-order valence-electron chi connectivity index (χ3n) is 5.39. The van der Waals surface area contributed by atoms with Gasteiger partial charge in [-0.2, -0.15) is 13.2 Å². The van der Waals surface area contributed by atoms with Crippen LogP contribution in [0.3, 0.4) is 0 Å². The molecule has 4 aromatic rings. The second-order valence-corrected chi connectivity index (χ2v) is 8.15. The van der Waals surface area contributed by atoms with E-state index >= 15 is 0 Å². The van der Waals surface area contributed by atoms with Gasteiger partial charge >= 0.3 is 6.18 Å². The molecule has 2 heterocycles. The Kier molecular flexibility index (Phi) is 8.17. The van der Waals surface area contributed by atoms with E-state index < -0.39 is 11.7 Å². The number of oxazole rings is 1. The molecule has 0 aliphatic rings. The van der Waals surface area contributed by atoms with Crippen LogP contribution in [-0.4, -0.2) is 25.1 Å². The molecule has 0 amide bonds. The Morgan fingerprint density at radius 1 is 0.972 bits per heavy atom. The number of aromatic nitrogens is 4. The van der Waals surface area contributed by atoms with Gasteiger partial charge in [0.15, 0.2) is 0 Å². The molecular formula is C26H25F3N4O3. The molecule has 2 aromatic carbocycles. The Balaban J connectivity index is 1.19. The largest absolute Gasteiger partial charge is 0.487 e. The number of aryl methyl sites for hydroxylation is 2. The van der Waals surface area contributed by atoms with E-state index in [1.165, 1.54) is 24.0 Å². The smallest absolute Gasteiger partial charge is 0.416 e. The zero-order valence-electron chi connectivity index (χ0n) is 19.4. The summed E-state index contributed by atoms with van der Waals surface area (Å²) in [6.45, 7) is 0.882. The number of ether oxygens (including phenoxy) is 1. The maximum absolute atomic E-state index is 12.6.